The first-order valence-electron chi connectivity index (χ1n) is 9.49. The van der Waals surface area contributed by atoms with Gasteiger partial charge in [0.15, 0.2) is 0 Å². The Morgan fingerprint density at radius 1 is 1.03 bits per heavy atom. The van der Waals surface area contributed by atoms with Gasteiger partial charge in [0.05, 0.1) is 11.2 Å². The summed E-state index contributed by atoms with van der Waals surface area (Å²) in [5, 5.41) is 9.71. The second kappa shape index (κ2) is 8.39. The van der Waals surface area contributed by atoms with Gasteiger partial charge in [0.1, 0.15) is 18.0 Å². The van der Waals surface area contributed by atoms with Crippen molar-refractivity contribution in [2.75, 3.05) is 0 Å². The quantitative estimate of drug-likeness (QED) is 0.634. The molecule has 0 atom stereocenters. The van der Waals surface area contributed by atoms with Gasteiger partial charge in [-0.25, -0.2) is 9.36 Å². The molecule has 6 nitrogen and oxygen atoms in total. The first-order chi connectivity index (χ1) is 13.7. The molecule has 29 heavy (non-hydrogen) atoms. The zero-order chi connectivity index (χ0) is 21.0. The zero-order valence-electron chi connectivity index (χ0n) is 16.8. The van der Waals surface area contributed by atoms with E-state index in [9.17, 15) is 9.59 Å². The van der Waals surface area contributed by atoms with Crippen molar-refractivity contribution < 1.29 is 24.2 Å². The maximum atomic E-state index is 12.8. The van der Waals surface area contributed by atoms with E-state index in [0.717, 1.165) is 16.5 Å². The third kappa shape index (κ3) is 5.38. The minimum atomic E-state index is -0.819. The molecule has 6 heteroatoms. The SMILES string of the molecule is CC(C)(C)OC(=O)n1c(COc2ccc(CCC(=O)O)cc2)cc2ccccc21. The highest BCUT2D eigenvalue weighted by atomic mass is 16.6. The molecule has 152 valence electrons. The summed E-state index contributed by atoms with van der Waals surface area (Å²) in [5.41, 5.74) is 1.79. The lowest BCUT2D eigenvalue weighted by Crippen LogP contribution is -2.28. The average Bonchev–Trinajstić information content (AvgIpc) is 3.02. The number of carboxylic acids is 1. The van der Waals surface area contributed by atoms with E-state index in [0.29, 0.717) is 17.9 Å². The normalized spacial score (nSPS) is 11.4. The molecule has 0 saturated carbocycles. The smallest absolute Gasteiger partial charge is 0.419 e. The molecule has 3 rings (SSSR count). The number of nitrogens with zero attached hydrogens (tertiary/aromatic N) is 1. The molecular formula is C23H25NO5. The Hall–Kier alpha value is -3.28. The van der Waals surface area contributed by atoms with Crippen molar-refractivity contribution in [2.45, 2.75) is 45.8 Å². The fourth-order valence-electron chi connectivity index (χ4n) is 3.00. The molecule has 0 unspecified atom stereocenters. The Balaban J connectivity index is 1.78. The summed E-state index contributed by atoms with van der Waals surface area (Å²) < 4.78 is 13.0. The summed E-state index contributed by atoms with van der Waals surface area (Å²) in [6.45, 7) is 5.69. The molecule has 0 aliphatic carbocycles. The summed E-state index contributed by atoms with van der Waals surface area (Å²) in [6.07, 6.45) is 0.125. The number of benzene rings is 2. The Kier molecular flexibility index (Phi) is 5.92. The number of hydrogen-bond acceptors (Lipinski definition) is 4. The third-order valence-electron chi connectivity index (χ3n) is 4.30. The van der Waals surface area contributed by atoms with Gasteiger partial charge in [0, 0.05) is 11.8 Å². The highest BCUT2D eigenvalue weighted by Gasteiger charge is 2.22. The van der Waals surface area contributed by atoms with Crippen LogP contribution < -0.4 is 4.74 Å². The lowest BCUT2D eigenvalue weighted by atomic mass is 10.1. The Morgan fingerprint density at radius 3 is 2.38 bits per heavy atom. The summed E-state index contributed by atoms with van der Waals surface area (Å²) in [5.74, 6) is -0.176. The van der Waals surface area contributed by atoms with E-state index in [-0.39, 0.29) is 13.0 Å². The van der Waals surface area contributed by atoms with E-state index in [1.165, 1.54) is 0 Å². The molecule has 0 amide bonds. The van der Waals surface area contributed by atoms with Gasteiger partial charge in [0.25, 0.3) is 0 Å². The number of carboxylic acid groups (broad SMARTS) is 1. The molecule has 2 aromatic carbocycles. The lowest BCUT2D eigenvalue weighted by Gasteiger charge is -2.21. The number of aliphatic carboxylic acids is 1. The van der Waals surface area contributed by atoms with E-state index in [1.807, 2.05) is 63.2 Å². The number of aromatic nitrogens is 1. The maximum Gasteiger partial charge on any atom is 0.419 e. The molecular weight excluding hydrogens is 370 g/mol. The van der Waals surface area contributed by atoms with Gasteiger partial charge in [0.2, 0.25) is 0 Å². The minimum Gasteiger partial charge on any atom is -0.487 e. The minimum absolute atomic E-state index is 0.0934. The van der Waals surface area contributed by atoms with Crippen molar-refractivity contribution in [1.82, 2.24) is 4.57 Å². The molecule has 0 spiro atoms. The van der Waals surface area contributed by atoms with Crippen molar-refractivity contribution in [3.63, 3.8) is 0 Å². The second-order valence-corrected chi connectivity index (χ2v) is 7.84. The standard InChI is InChI=1S/C23H25NO5/c1-23(2,3)29-22(27)24-18(14-17-6-4-5-7-20(17)24)15-28-19-11-8-16(9-12-19)10-13-21(25)26/h4-9,11-12,14H,10,13,15H2,1-3H3,(H,25,26). The summed E-state index contributed by atoms with van der Waals surface area (Å²) >= 11 is 0. The topological polar surface area (TPSA) is 77.8 Å². The number of carbonyl (C=O) groups is 2. The van der Waals surface area contributed by atoms with Crippen LogP contribution in [0.1, 0.15) is 38.4 Å². The van der Waals surface area contributed by atoms with Crippen LogP contribution in [0.4, 0.5) is 4.79 Å². The van der Waals surface area contributed by atoms with Gasteiger partial charge in [-0.1, -0.05) is 30.3 Å². The fourth-order valence-corrected chi connectivity index (χ4v) is 3.00. The van der Waals surface area contributed by atoms with Crippen LogP contribution in [0.5, 0.6) is 5.75 Å². The summed E-state index contributed by atoms with van der Waals surface area (Å²) in [6, 6.07) is 16.8. The van der Waals surface area contributed by atoms with E-state index in [4.69, 9.17) is 14.6 Å². The average molecular weight is 395 g/mol. The van der Waals surface area contributed by atoms with Crippen LogP contribution in [0, 0.1) is 0 Å². The van der Waals surface area contributed by atoms with E-state index >= 15 is 0 Å². The Labute approximate surface area is 169 Å². The highest BCUT2D eigenvalue weighted by Crippen LogP contribution is 2.23. The van der Waals surface area contributed by atoms with Crippen molar-refractivity contribution in [2.24, 2.45) is 0 Å². The lowest BCUT2D eigenvalue weighted by molar-refractivity contribution is -0.136. The van der Waals surface area contributed by atoms with Gasteiger partial charge >= 0.3 is 12.1 Å². The predicted octanol–water partition coefficient (Wildman–Crippen LogP) is 5.02. The number of para-hydroxylation sites is 1. The number of aryl methyl sites for hydroxylation is 1. The number of rotatable bonds is 6. The number of carbonyl (C=O) groups excluding carboxylic acids is 1. The number of fused-ring (bicyclic) bond motifs is 1. The largest absolute Gasteiger partial charge is 0.487 e. The van der Waals surface area contributed by atoms with Crippen LogP contribution in [-0.2, 0) is 22.6 Å². The monoisotopic (exact) mass is 395 g/mol. The van der Waals surface area contributed by atoms with Crippen molar-refractivity contribution in [3.05, 3.63) is 65.9 Å². The molecule has 1 aromatic heterocycles. The van der Waals surface area contributed by atoms with Crippen molar-refractivity contribution >= 4 is 23.0 Å². The molecule has 0 saturated heterocycles. The molecule has 1 heterocycles. The number of hydrogen-bond donors (Lipinski definition) is 1. The first kappa shape index (κ1) is 20.5. The maximum absolute atomic E-state index is 12.8. The van der Waals surface area contributed by atoms with Gasteiger partial charge in [-0.15, -0.1) is 0 Å². The molecule has 0 bridgehead atoms. The van der Waals surface area contributed by atoms with Crippen LogP contribution >= 0.6 is 0 Å². The van der Waals surface area contributed by atoms with E-state index in [1.54, 1.807) is 16.7 Å². The Bertz CT molecular complexity index is 1010. The van der Waals surface area contributed by atoms with E-state index in [2.05, 4.69) is 0 Å². The Morgan fingerprint density at radius 2 is 1.72 bits per heavy atom. The zero-order valence-corrected chi connectivity index (χ0v) is 16.8. The molecule has 0 fully saturated rings. The van der Waals surface area contributed by atoms with Crippen molar-refractivity contribution in [3.8, 4) is 5.75 Å². The molecule has 3 aromatic rings. The van der Waals surface area contributed by atoms with Crippen molar-refractivity contribution in [1.29, 1.82) is 0 Å². The molecule has 0 radical (unpaired) electrons. The van der Waals surface area contributed by atoms with Gasteiger partial charge in [-0.3, -0.25) is 4.79 Å². The van der Waals surface area contributed by atoms with Crippen LogP contribution in [-0.4, -0.2) is 27.3 Å². The van der Waals surface area contributed by atoms with Crippen LogP contribution in [0.2, 0.25) is 0 Å². The molecule has 1 N–H and O–H groups in total. The fraction of sp³-hybridized carbons (Fsp3) is 0.304. The second-order valence-electron chi connectivity index (χ2n) is 7.84. The third-order valence-corrected chi connectivity index (χ3v) is 4.30. The number of ether oxygens (including phenoxy) is 2. The van der Waals surface area contributed by atoms with Gasteiger partial charge in [-0.2, -0.15) is 0 Å². The summed E-state index contributed by atoms with van der Waals surface area (Å²) in [7, 11) is 0. The predicted molar refractivity (Wildman–Crippen MR) is 110 cm³/mol. The van der Waals surface area contributed by atoms with Gasteiger partial charge < -0.3 is 14.6 Å². The van der Waals surface area contributed by atoms with Crippen LogP contribution in [0.25, 0.3) is 10.9 Å². The van der Waals surface area contributed by atoms with E-state index < -0.39 is 17.7 Å². The first-order valence-corrected chi connectivity index (χ1v) is 9.49. The highest BCUT2D eigenvalue weighted by molar-refractivity contribution is 5.91. The summed E-state index contributed by atoms with van der Waals surface area (Å²) in [4.78, 5) is 23.5. The van der Waals surface area contributed by atoms with Crippen LogP contribution in [0.3, 0.4) is 0 Å². The molecule has 0 aliphatic heterocycles. The molecule has 0 aliphatic rings. The van der Waals surface area contributed by atoms with Crippen LogP contribution in [0.15, 0.2) is 54.6 Å². The van der Waals surface area contributed by atoms with Gasteiger partial charge in [-0.05, 0) is 57.0 Å².